The zero-order valence-corrected chi connectivity index (χ0v) is 5.62. The Labute approximate surface area is 50.7 Å². The van der Waals surface area contributed by atoms with Crippen LogP contribution in [0.1, 0.15) is 19.8 Å². The number of nitrogens with two attached hydrogens (primary N) is 1. The van der Waals surface area contributed by atoms with Gasteiger partial charge in [-0.05, 0) is 6.42 Å². The molecule has 0 aliphatic carbocycles. The summed E-state index contributed by atoms with van der Waals surface area (Å²) in [5.74, 6) is 0.813. The molecule has 1 nitrogen and oxygen atoms in total. The van der Waals surface area contributed by atoms with E-state index in [1.54, 1.807) is 0 Å². The summed E-state index contributed by atoms with van der Waals surface area (Å²) >= 11 is 4.02. The van der Waals surface area contributed by atoms with E-state index >= 15 is 0 Å². The van der Waals surface area contributed by atoms with E-state index in [4.69, 9.17) is 5.73 Å². The molecule has 2 heteroatoms. The number of rotatable bonds is 3. The summed E-state index contributed by atoms with van der Waals surface area (Å²) in [5, 5.41) is 0. The van der Waals surface area contributed by atoms with Crippen molar-refractivity contribution in [1.29, 1.82) is 0 Å². The van der Waals surface area contributed by atoms with Crippen molar-refractivity contribution in [1.82, 2.24) is 0 Å². The Morgan fingerprint density at radius 3 is 2.43 bits per heavy atom. The maximum absolute atomic E-state index is 5.51. The molecule has 44 valence electrons. The standard InChI is InChI=1S/C5H13NS/c1-2-3-5(6)4-7/h5,7H,2-4,6H2,1H3/t5-/m1/s1. The highest BCUT2D eigenvalue weighted by Crippen LogP contribution is 1.93. The molecule has 0 aliphatic heterocycles. The predicted molar refractivity (Wildman–Crippen MR) is 36.7 cm³/mol. The van der Waals surface area contributed by atoms with E-state index in [1.807, 2.05) is 0 Å². The smallest absolute Gasteiger partial charge is 0.0127 e. The Kier molecular flexibility index (Phi) is 4.67. The summed E-state index contributed by atoms with van der Waals surface area (Å²) in [7, 11) is 0. The van der Waals surface area contributed by atoms with E-state index < -0.39 is 0 Å². The summed E-state index contributed by atoms with van der Waals surface area (Å²) in [6.07, 6.45) is 2.27. The monoisotopic (exact) mass is 119 g/mol. The lowest BCUT2D eigenvalue weighted by atomic mass is 10.2. The maximum atomic E-state index is 5.51. The second-order valence-electron chi connectivity index (χ2n) is 1.73. The quantitative estimate of drug-likeness (QED) is 0.533. The molecule has 0 rings (SSSR count). The first-order valence-corrected chi connectivity index (χ1v) is 3.31. The lowest BCUT2D eigenvalue weighted by Crippen LogP contribution is -2.20. The van der Waals surface area contributed by atoms with Crippen molar-refractivity contribution in [2.24, 2.45) is 5.73 Å². The molecule has 0 saturated carbocycles. The fourth-order valence-corrected chi connectivity index (χ4v) is 0.645. The summed E-state index contributed by atoms with van der Waals surface area (Å²) in [4.78, 5) is 0. The maximum Gasteiger partial charge on any atom is 0.0127 e. The van der Waals surface area contributed by atoms with Gasteiger partial charge >= 0.3 is 0 Å². The van der Waals surface area contributed by atoms with E-state index in [2.05, 4.69) is 19.6 Å². The molecule has 0 heterocycles. The molecular formula is C5H13NS. The van der Waals surface area contributed by atoms with Gasteiger partial charge in [-0.15, -0.1) is 0 Å². The third kappa shape index (κ3) is 4.16. The highest BCUT2D eigenvalue weighted by Gasteiger charge is 1.93. The Morgan fingerprint density at radius 1 is 1.71 bits per heavy atom. The van der Waals surface area contributed by atoms with Crippen molar-refractivity contribution in [3.63, 3.8) is 0 Å². The predicted octanol–water partition coefficient (Wildman–Crippen LogP) is 1.04. The lowest BCUT2D eigenvalue weighted by Gasteiger charge is -2.02. The van der Waals surface area contributed by atoms with Gasteiger partial charge in [0.2, 0.25) is 0 Å². The SMILES string of the molecule is CCC[C@@H](N)CS. The van der Waals surface area contributed by atoms with Crippen LogP contribution >= 0.6 is 12.6 Å². The molecule has 0 radical (unpaired) electrons. The van der Waals surface area contributed by atoms with Crippen molar-refractivity contribution in [2.45, 2.75) is 25.8 Å². The third-order valence-electron chi connectivity index (χ3n) is 0.894. The van der Waals surface area contributed by atoms with Gasteiger partial charge in [-0.25, -0.2) is 0 Å². The second-order valence-corrected chi connectivity index (χ2v) is 2.10. The molecule has 0 aromatic rings. The zero-order chi connectivity index (χ0) is 5.70. The highest BCUT2D eigenvalue weighted by atomic mass is 32.1. The first kappa shape index (κ1) is 7.31. The molecule has 0 aromatic heterocycles. The molecule has 0 unspecified atom stereocenters. The van der Waals surface area contributed by atoms with Gasteiger partial charge in [0.25, 0.3) is 0 Å². The Morgan fingerprint density at radius 2 is 2.29 bits per heavy atom. The van der Waals surface area contributed by atoms with Gasteiger partial charge in [0.1, 0.15) is 0 Å². The Hall–Kier alpha value is 0.310. The van der Waals surface area contributed by atoms with Crippen molar-refractivity contribution in [3.8, 4) is 0 Å². The molecule has 7 heavy (non-hydrogen) atoms. The fraction of sp³-hybridized carbons (Fsp3) is 1.00. The van der Waals surface area contributed by atoms with Crippen molar-refractivity contribution in [2.75, 3.05) is 5.75 Å². The molecule has 0 bridgehead atoms. The van der Waals surface area contributed by atoms with E-state index in [-0.39, 0.29) is 0 Å². The molecule has 0 fully saturated rings. The summed E-state index contributed by atoms with van der Waals surface area (Å²) in [6, 6.07) is 0.313. The minimum absolute atomic E-state index is 0.313. The second kappa shape index (κ2) is 4.47. The zero-order valence-electron chi connectivity index (χ0n) is 4.72. The van der Waals surface area contributed by atoms with Crippen LogP contribution in [0, 0.1) is 0 Å². The van der Waals surface area contributed by atoms with Crippen LogP contribution in [0.2, 0.25) is 0 Å². The molecule has 2 N–H and O–H groups in total. The van der Waals surface area contributed by atoms with Gasteiger partial charge in [0.15, 0.2) is 0 Å². The molecule has 1 atom stereocenters. The molecule has 0 aliphatic rings. The average Bonchev–Trinajstić information content (AvgIpc) is 1.68. The first-order chi connectivity index (χ1) is 3.31. The first-order valence-electron chi connectivity index (χ1n) is 2.67. The molecule has 0 amide bonds. The minimum Gasteiger partial charge on any atom is -0.327 e. The molecule has 0 saturated heterocycles. The van der Waals surface area contributed by atoms with Crippen molar-refractivity contribution < 1.29 is 0 Å². The number of hydrogen-bond acceptors (Lipinski definition) is 2. The van der Waals surface area contributed by atoms with Gasteiger partial charge in [0, 0.05) is 11.8 Å². The van der Waals surface area contributed by atoms with Crippen molar-refractivity contribution in [3.05, 3.63) is 0 Å². The van der Waals surface area contributed by atoms with Crippen LogP contribution in [-0.4, -0.2) is 11.8 Å². The van der Waals surface area contributed by atoms with E-state index in [0.717, 1.165) is 12.2 Å². The largest absolute Gasteiger partial charge is 0.327 e. The van der Waals surface area contributed by atoms with E-state index in [1.165, 1.54) is 6.42 Å². The van der Waals surface area contributed by atoms with Gasteiger partial charge in [0.05, 0.1) is 0 Å². The lowest BCUT2D eigenvalue weighted by molar-refractivity contribution is 0.662. The summed E-state index contributed by atoms with van der Waals surface area (Å²) in [5.41, 5.74) is 5.51. The van der Waals surface area contributed by atoms with Crippen molar-refractivity contribution >= 4 is 12.6 Å². The van der Waals surface area contributed by atoms with Crippen LogP contribution in [0.3, 0.4) is 0 Å². The fourth-order valence-electron chi connectivity index (χ4n) is 0.462. The van der Waals surface area contributed by atoms with Crippen LogP contribution < -0.4 is 5.73 Å². The third-order valence-corrected chi connectivity index (χ3v) is 1.36. The van der Waals surface area contributed by atoms with Crippen LogP contribution in [0.5, 0.6) is 0 Å². The molecular weight excluding hydrogens is 106 g/mol. The van der Waals surface area contributed by atoms with Gasteiger partial charge in [-0.1, -0.05) is 13.3 Å². The van der Waals surface area contributed by atoms with Crippen LogP contribution in [-0.2, 0) is 0 Å². The Balaban J connectivity index is 2.83. The number of hydrogen-bond donors (Lipinski definition) is 2. The van der Waals surface area contributed by atoms with Gasteiger partial charge in [-0.3, -0.25) is 0 Å². The Bertz CT molecular complexity index is 39.1. The summed E-state index contributed by atoms with van der Waals surface area (Å²) in [6.45, 7) is 2.13. The summed E-state index contributed by atoms with van der Waals surface area (Å²) < 4.78 is 0. The van der Waals surface area contributed by atoms with Crippen LogP contribution in [0.25, 0.3) is 0 Å². The van der Waals surface area contributed by atoms with Gasteiger partial charge < -0.3 is 5.73 Å². The highest BCUT2D eigenvalue weighted by molar-refractivity contribution is 7.80. The van der Waals surface area contributed by atoms with E-state index in [0.29, 0.717) is 6.04 Å². The number of thiol groups is 1. The average molecular weight is 119 g/mol. The minimum atomic E-state index is 0.313. The van der Waals surface area contributed by atoms with Gasteiger partial charge in [-0.2, -0.15) is 12.6 Å². The normalized spacial score (nSPS) is 14.1. The van der Waals surface area contributed by atoms with E-state index in [9.17, 15) is 0 Å². The van der Waals surface area contributed by atoms with Crippen LogP contribution in [0.4, 0.5) is 0 Å². The molecule has 0 spiro atoms. The topological polar surface area (TPSA) is 26.0 Å². The van der Waals surface area contributed by atoms with Crippen LogP contribution in [0.15, 0.2) is 0 Å². The molecule has 0 aromatic carbocycles.